The predicted octanol–water partition coefficient (Wildman–Crippen LogP) is 1.76. The summed E-state index contributed by atoms with van der Waals surface area (Å²) in [5.41, 5.74) is 6.36. The summed E-state index contributed by atoms with van der Waals surface area (Å²) >= 11 is 0. The highest BCUT2D eigenvalue weighted by Gasteiger charge is 2.26. The molecule has 0 saturated heterocycles. The van der Waals surface area contributed by atoms with Crippen molar-refractivity contribution in [2.75, 3.05) is 12.3 Å². The minimum Gasteiger partial charge on any atom is -0.386 e. The molecule has 2 unspecified atom stereocenters. The predicted molar refractivity (Wildman–Crippen MR) is 63.9 cm³/mol. The Morgan fingerprint density at radius 1 is 1.50 bits per heavy atom. The Bertz CT molecular complexity index is 329. The average molecular weight is 224 g/mol. The molecule has 0 aromatic carbocycles. The molecule has 1 aromatic rings. The number of anilines is 1. The largest absolute Gasteiger partial charge is 0.386 e. The number of aliphatic hydroxyl groups excluding tert-OH is 1. The van der Waals surface area contributed by atoms with Gasteiger partial charge in [-0.25, -0.2) is 4.98 Å². The zero-order valence-corrected chi connectivity index (χ0v) is 10.1. The molecule has 0 saturated carbocycles. The van der Waals surface area contributed by atoms with E-state index in [1.807, 2.05) is 20.8 Å². The van der Waals surface area contributed by atoms with Gasteiger partial charge in [0.15, 0.2) is 0 Å². The summed E-state index contributed by atoms with van der Waals surface area (Å²) in [7, 11) is 0. The van der Waals surface area contributed by atoms with Gasteiger partial charge in [0.2, 0.25) is 0 Å². The second kappa shape index (κ2) is 5.82. The number of nitrogen functional groups attached to an aromatic ring is 1. The summed E-state index contributed by atoms with van der Waals surface area (Å²) in [6, 6.07) is 3.54. The summed E-state index contributed by atoms with van der Waals surface area (Å²) in [6.07, 6.45) is 0.626. The van der Waals surface area contributed by atoms with Crippen molar-refractivity contribution in [2.45, 2.75) is 33.0 Å². The molecule has 0 aliphatic rings. The Kier molecular flexibility index (Phi) is 4.71. The van der Waals surface area contributed by atoms with Gasteiger partial charge in [0.1, 0.15) is 11.9 Å². The second-order valence-corrected chi connectivity index (χ2v) is 4.09. The van der Waals surface area contributed by atoms with Gasteiger partial charge in [-0.1, -0.05) is 19.9 Å². The monoisotopic (exact) mass is 224 g/mol. The maximum atomic E-state index is 10.2. The third-order valence-electron chi connectivity index (χ3n) is 2.52. The number of rotatable bonds is 5. The molecule has 16 heavy (non-hydrogen) atoms. The zero-order chi connectivity index (χ0) is 12.1. The first-order valence-electron chi connectivity index (χ1n) is 5.58. The third kappa shape index (κ3) is 2.93. The van der Waals surface area contributed by atoms with E-state index in [0.29, 0.717) is 18.0 Å². The molecule has 3 N–H and O–H groups in total. The van der Waals surface area contributed by atoms with E-state index in [1.54, 1.807) is 18.3 Å². The lowest BCUT2D eigenvalue weighted by atomic mass is 9.96. The summed E-state index contributed by atoms with van der Waals surface area (Å²) in [6.45, 7) is 6.50. The molecule has 0 spiro atoms. The number of ether oxygens (including phenoxy) is 1. The van der Waals surface area contributed by atoms with E-state index >= 15 is 0 Å². The molecule has 1 aromatic heterocycles. The van der Waals surface area contributed by atoms with Gasteiger partial charge in [0, 0.05) is 18.4 Å². The molecule has 0 amide bonds. The smallest absolute Gasteiger partial charge is 0.129 e. The lowest BCUT2D eigenvalue weighted by Gasteiger charge is -2.26. The van der Waals surface area contributed by atoms with Crippen LogP contribution in [0.3, 0.4) is 0 Å². The molecule has 2 atom stereocenters. The first-order valence-corrected chi connectivity index (χ1v) is 5.58. The number of hydrogen-bond acceptors (Lipinski definition) is 4. The minimum atomic E-state index is -0.728. The van der Waals surface area contributed by atoms with E-state index in [-0.39, 0.29) is 12.0 Å². The van der Waals surface area contributed by atoms with Crippen LogP contribution in [0, 0.1) is 5.92 Å². The summed E-state index contributed by atoms with van der Waals surface area (Å²) in [4.78, 5) is 3.96. The number of nitrogens with two attached hydrogens (primary N) is 1. The first kappa shape index (κ1) is 12.9. The Balaban J connectivity index is 2.90. The summed E-state index contributed by atoms with van der Waals surface area (Å²) in [5.74, 6) is 0.579. The van der Waals surface area contributed by atoms with Crippen molar-refractivity contribution in [2.24, 2.45) is 5.92 Å². The topological polar surface area (TPSA) is 68.4 Å². The van der Waals surface area contributed by atoms with Crippen molar-refractivity contribution in [3.8, 4) is 0 Å². The lowest BCUT2D eigenvalue weighted by molar-refractivity contribution is -0.0583. The minimum absolute atomic E-state index is 0.217. The fraction of sp³-hybridized carbons (Fsp3) is 0.583. The van der Waals surface area contributed by atoms with Crippen molar-refractivity contribution >= 4 is 5.82 Å². The molecule has 90 valence electrons. The van der Waals surface area contributed by atoms with Crippen LogP contribution in [0.2, 0.25) is 0 Å². The number of aliphatic hydroxyl groups is 1. The molecule has 0 bridgehead atoms. The van der Waals surface area contributed by atoms with Crippen LogP contribution in [-0.2, 0) is 4.74 Å². The zero-order valence-electron chi connectivity index (χ0n) is 10.1. The molecule has 1 heterocycles. The fourth-order valence-electron chi connectivity index (χ4n) is 1.70. The van der Waals surface area contributed by atoms with Crippen LogP contribution < -0.4 is 5.73 Å². The van der Waals surface area contributed by atoms with Crippen molar-refractivity contribution in [1.82, 2.24) is 4.98 Å². The highest BCUT2D eigenvalue weighted by molar-refractivity contribution is 5.40. The molecule has 0 radical (unpaired) electrons. The number of aromatic nitrogens is 1. The van der Waals surface area contributed by atoms with Gasteiger partial charge < -0.3 is 15.6 Å². The molecule has 4 heteroatoms. The molecule has 4 nitrogen and oxygen atoms in total. The maximum absolute atomic E-state index is 10.2. The fourth-order valence-corrected chi connectivity index (χ4v) is 1.70. The van der Waals surface area contributed by atoms with Crippen LogP contribution >= 0.6 is 0 Å². The number of pyridine rings is 1. The van der Waals surface area contributed by atoms with Gasteiger partial charge in [0.05, 0.1) is 6.10 Å². The van der Waals surface area contributed by atoms with Gasteiger partial charge in [0.25, 0.3) is 0 Å². The van der Waals surface area contributed by atoms with E-state index in [0.717, 1.165) is 0 Å². The number of hydrogen-bond donors (Lipinski definition) is 2. The van der Waals surface area contributed by atoms with Crippen molar-refractivity contribution < 1.29 is 9.84 Å². The molecular formula is C12H20N2O2. The lowest BCUT2D eigenvalue weighted by Crippen LogP contribution is -2.28. The van der Waals surface area contributed by atoms with Gasteiger partial charge >= 0.3 is 0 Å². The number of nitrogens with zero attached hydrogens (tertiary/aromatic N) is 1. The Hall–Kier alpha value is -1.13. The highest BCUT2D eigenvalue weighted by Crippen LogP contribution is 2.27. The van der Waals surface area contributed by atoms with E-state index in [1.165, 1.54) is 0 Å². The molecule has 1 rings (SSSR count). The van der Waals surface area contributed by atoms with Crippen molar-refractivity contribution in [3.63, 3.8) is 0 Å². The van der Waals surface area contributed by atoms with Gasteiger partial charge in [-0.05, 0) is 18.9 Å². The van der Waals surface area contributed by atoms with Crippen LogP contribution in [0.1, 0.15) is 32.4 Å². The van der Waals surface area contributed by atoms with Crippen molar-refractivity contribution in [1.29, 1.82) is 0 Å². The Morgan fingerprint density at radius 3 is 2.69 bits per heavy atom. The Morgan fingerprint density at radius 2 is 2.19 bits per heavy atom. The van der Waals surface area contributed by atoms with Crippen LogP contribution in [0.25, 0.3) is 0 Å². The molecule has 0 aliphatic carbocycles. The molecular weight excluding hydrogens is 204 g/mol. The van der Waals surface area contributed by atoms with E-state index in [4.69, 9.17) is 10.5 Å². The van der Waals surface area contributed by atoms with E-state index < -0.39 is 6.10 Å². The average Bonchev–Trinajstić information content (AvgIpc) is 2.25. The standard InChI is InChI=1S/C12H20N2O2/c1-4-16-11(8(2)3)10(15)9-6-5-7-14-12(9)13/h5-8,10-11,15H,4H2,1-3H3,(H2,13,14). The molecule has 0 aliphatic heterocycles. The van der Waals surface area contributed by atoms with Crippen LogP contribution in [-0.4, -0.2) is 22.8 Å². The summed E-state index contributed by atoms with van der Waals surface area (Å²) < 4.78 is 5.54. The van der Waals surface area contributed by atoms with Gasteiger partial charge in [-0.2, -0.15) is 0 Å². The van der Waals surface area contributed by atoms with Crippen LogP contribution in [0.5, 0.6) is 0 Å². The quantitative estimate of drug-likeness (QED) is 0.799. The Labute approximate surface area is 96.5 Å². The van der Waals surface area contributed by atoms with Crippen molar-refractivity contribution in [3.05, 3.63) is 23.9 Å². The summed E-state index contributed by atoms with van der Waals surface area (Å²) in [5, 5.41) is 10.2. The maximum Gasteiger partial charge on any atom is 0.129 e. The SMILES string of the molecule is CCOC(C(C)C)C(O)c1cccnc1N. The third-order valence-corrected chi connectivity index (χ3v) is 2.52. The van der Waals surface area contributed by atoms with E-state index in [2.05, 4.69) is 4.98 Å². The first-order chi connectivity index (χ1) is 7.57. The second-order valence-electron chi connectivity index (χ2n) is 4.09. The molecule has 0 fully saturated rings. The van der Waals surface area contributed by atoms with Crippen LogP contribution in [0.4, 0.5) is 5.82 Å². The van der Waals surface area contributed by atoms with Gasteiger partial charge in [-0.3, -0.25) is 0 Å². The van der Waals surface area contributed by atoms with Crippen LogP contribution in [0.15, 0.2) is 18.3 Å². The normalized spacial score (nSPS) is 15.1. The highest BCUT2D eigenvalue weighted by atomic mass is 16.5. The van der Waals surface area contributed by atoms with E-state index in [9.17, 15) is 5.11 Å². The van der Waals surface area contributed by atoms with Gasteiger partial charge in [-0.15, -0.1) is 0 Å².